The number of nitrogens with zero attached hydrogens (tertiary/aromatic N) is 1. The zero-order valence-corrected chi connectivity index (χ0v) is 12.9. The van der Waals surface area contributed by atoms with E-state index in [0.29, 0.717) is 18.1 Å². The lowest BCUT2D eigenvalue weighted by atomic mass is 9.97. The Labute approximate surface area is 131 Å². The third-order valence-corrected chi connectivity index (χ3v) is 3.78. The van der Waals surface area contributed by atoms with Gasteiger partial charge in [-0.05, 0) is 24.0 Å². The Balaban J connectivity index is 2.07. The van der Waals surface area contributed by atoms with Crippen LogP contribution in [0.15, 0.2) is 59.6 Å². The lowest BCUT2D eigenvalue weighted by Crippen LogP contribution is -2.34. The summed E-state index contributed by atoms with van der Waals surface area (Å²) in [4.78, 5) is 17.2. The topological polar surface area (TPSA) is 41.5 Å². The number of carbonyl (C=O) groups is 1. The van der Waals surface area contributed by atoms with Gasteiger partial charge in [0.25, 0.3) is 5.91 Å². The summed E-state index contributed by atoms with van der Waals surface area (Å²) in [6.45, 7) is 4.20. The van der Waals surface area contributed by atoms with Gasteiger partial charge < -0.3 is 5.32 Å². The van der Waals surface area contributed by atoms with Crippen molar-refractivity contribution in [1.29, 1.82) is 0 Å². The fourth-order valence-corrected chi connectivity index (χ4v) is 2.76. The van der Waals surface area contributed by atoms with Crippen LogP contribution in [-0.2, 0) is 4.79 Å². The van der Waals surface area contributed by atoms with Crippen LogP contribution in [0, 0.1) is 5.92 Å². The van der Waals surface area contributed by atoms with Gasteiger partial charge in [0, 0.05) is 5.56 Å². The first kappa shape index (κ1) is 14.5. The molecule has 1 heterocycles. The first-order chi connectivity index (χ1) is 10.6. The van der Waals surface area contributed by atoms with Crippen molar-refractivity contribution in [2.75, 3.05) is 0 Å². The molecule has 22 heavy (non-hydrogen) atoms. The van der Waals surface area contributed by atoms with Crippen LogP contribution in [0.1, 0.15) is 37.4 Å². The number of nitrogens with one attached hydrogen (secondary N) is 1. The Morgan fingerprint density at radius 2 is 1.73 bits per heavy atom. The van der Waals surface area contributed by atoms with Crippen molar-refractivity contribution in [3.63, 3.8) is 0 Å². The lowest BCUT2D eigenvalue weighted by Gasteiger charge is -2.18. The van der Waals surface area contributed by atoms with Gasteiger partial charge in [-0.3, -0.25) is 4.79 Å². The fraction of sp³-hybridized carbons (Fsp3) is 0.263. The highest BCUT2D eigenvalue weighted by Gasteiger charge is 2.26. The van der Waals surface area contributed by atoms with Crippen LogP contribution in [0.25, 0.3) is 0 Å². The van der Waals surface area contributed by atoms with Crippen LogP contribution in [0.3, 0.4) is 0 Å². The Hall–Kier alpha value is -2.42. The number of amides is 1. The molecule has 0 fully saturated rings. The maximum Gasteiger partial charge on any atom is 0.266 e. The summed E-state index contributed by atoms with van der Waals surface area (Å²) in [5.74, 6) is 0.323. The van der Waals surface area contributed by atoms with Gasteiger partial charge in [-0.1, -0.05) is 62.4 Å². The van der Waals surface area contributed by atoms with E-state index in [2.05, 4.69) is 24.2 Å². The highest BCUT2D eigenvalue weighted by molar-refractivity contribution is 6.39. The molecule has 3 rings (SSSR count). The van der Waals surface area contributed by atoms with Crippen LogP contribution in [0.5, 0.6) is 0 Å². The van der Waals surface area contributed by atoms with Crippen molar-refractivity contribution in [1.82, 2.24) is 5.32 Å². The Morgan fingerprint density at radius 1 is 1.05 bits per heavy atom. The zero-order chi connectivity index (χ0) is 15.5. The van der Waals surface area contributed by atoms with E-state index in [4.69, 9.17) is 0 Å². The quantitative estimate of drug-likeness (QED) is 0.912. The molecule has 3 nitrogen and oxygen atoms in total. The molecule has 1 amide bonds. The number of rotatable bonds is 3. The molecule has 0 radical (unpaired) electrons. The predicted octanol–water partition coefficient (Wildman–Crippen LogP) is 4.02. The van der Waals surface area contributed by atoms with Crippen LogP contribution in [0.2, 0.25) is 0 Å². The minimum atomic E-state index is -0.154. The van der Waals surface area contributed by atoms with Gasteiger partial charge in [-0.2, -0.15) is 0 Å². The maximum absolute atomic E-state index is 12.6. The number of hydrogen-bond donors (Lipinski definition) is 1. The summed E-state index contributed by atoms with van der Waals surface area (Å²) in [5.41, 5.74) is 3.61. The zero-order valence-electron chi connectivity index (χ0n) is 12.9. The molecule has 2 aromatic rings. The molecule has 0 saturated heterocycles. The number of aliphatic imine (C=N–C) groups is 1. The smallest absolute Gasteiger partial charge is 0.266 e. The molecular formula is C19H20N2O. The third-order valence-electron chi connectivity index (χ3n) is 3.78. The van der Waals surface area contributed by atoms with Crippen LogP contribution < -0.4 is 5.32 Å². The number of carbonyl (C=O) groups excluding carboxylic acids is 1. The van der Waals surface area contributed by atoms with Crippen molar-refractivity contribution in [2.45, 2.75) is 26.3 Å². The summed E-state index contributed by atoms with van der Waals surface area (Å²) in [5, 5.41) is 3.14. The molecule has 1 aliphatic heterocycles. The summed E-state index contributed by atoms with van der Waals surface area (Å²) in [6.07, 6.45) is 0.682. The monoisotopic (exact) mass is 292 g/mol. The number of benzene rings is 2. The minimum absolute atomic E-state index is 0.0706. The number of para-hydroxylation sites is 1. The molecule has 0 aromatic heterocycles. The Morgan fingerprint density at radius 3 is 2.45 bits per heavy atom. The van der Waals surface area contributed by atoms with Crippen LogP contribution >= 0.6 is 0 Å². The minimum Gasteiger partial charge on any atom is -0.340 e. The largest absolute Gasteiger partial charge is 0.340 e. The second kappa shape index (κ2) is 6.14. The van der Waals surface area contributed by atoms with Crippen molar-refractivity contribution >= 4 is 17.3 Å². The van der Waals surface area contributed by atoms with E-state index in [1.165, 1.54) is 0 Å². The van der Waals surface area contributed by atoms with E-state index in [9.17, 15) is 4.79 Å². The van der Waals surface area contributed by atoms with Crippen molar-refractivity contribution < 1.29 is 4.79 Å². The first-order valence-corrected chi connectivity index (χ1v) is 7.67. The lowest BCUT2D eigenvalue weighted by molar-refractivity contribution is -0.115. The Kier molecular flexibility index (Phi) is 4.05. The molecule has 0 aliphatic carbocycles. The molecule has 1 unspecified atom stereocenters. The van der Waals surface area contributed by atoms with Crippen LogP contribution in [-0.4, -0.2) is 11.6 Å². The fourth-order valence-electron chi connectivity index (χ4n) is 2.76. The van der Waals surface area contributed by atoms with Gasteiger partial charge in [0.05, 0.1) is 11.7 Å². The van der Waals surface area contributed by atoms with E-state index in [1.807, 2.05) is 54.6 Å². The molecule has 1 aliphatic rings. The van der Waals surface area contributed by atoms with Crippen molar-refractivity contribution in [2.24, 2.45) is 10.9 Å². The number of fused-ring (bicyclic) bond motifs is 1. The molecule has 1 N–H and O–H groups in total. The van der Waals surface area contributed by atoms with E-state index in [-0.39, 0.29) is 11.9 Å². The summed E-state index contributed by atoms with van der Waals surface area (Å²) in [7, 11) is 0. The van der Waals surface area contributed by atoms with Gasteiger partial charge in [-0.15, -0.1) is 0 Å². The predicted molar refractivity (Wildman–Crippen MR) is 89.4 cm³/mol. The molecule has 2 aromatic carbocycles. The standard InChI is InChI=1S/C19H20N2O/c1-13(2)12-17-19(22)21-18(14-8-4-3-5-9-14)15-10-6-7-11-16(15)20-17/h3-11,13,18H,12H2,1-2H3,(H,21,22). The van der Waals surface area contributed by atoms with E-state index in [1.54, 1.807) is 0 Å². The highest BCUT2D eigenvalue weighted by Crippen LogP contribution is 2.32. The highest BCUT2D eigenvalue weighted by atomic mass is 16.2. The summed E-state index contributed by atoms with van der Waals surface area (Å²) in [6, 6.07) is 17.9. The molecule has 0 saturated carbocycles. The van der Waals surface area contributed by atoms with Gasteiger partial charge in [0.2, 0.25) is 0 Å². The van der Waals surface area contributed by atoms with Gasteiger partial charge >= 0.3 is 0 Å². The second-order valence-electron chi connectivity index (χ2n) is 6.03. The molecule has 0 spiro atoms. The van der Waals surface area contributed by atoms with Gasteiger partial charge in [0.1, 0.15) is 5.71 Å². The normalized spacial score (nSPS) is 17.5. The SMILES string of the molecule is CC(C)CC1=Nc2ccccc2C(c2ccccc2)NC1=O. The maximum atomic E-state index is 12.6. The molecule has 1 atom stereocenters. The first-order valence-electron chi connectivity index (χ1n) is 7.67. The van der Waals surface area contributed by atoms with Gasteiger partial charge in [-0.25, -0.2) is 4.99 Å². The molecule has 112 valence electrons. The summed E-state index contributed by atoms with van der Waals surface area (Å²) < 4.78 is 0. The van der Waals surface area contributed by atoms with Crippen molar-refractivity contribution in [3.8, 4) is 0 Å². The van der Waals surface area contributed by atoms with E-state index in [0.717, 1.165) is 16.8 Å². The average Bonchev–Trinajstić information content (AvgIpc) is 2.65. The summed E-state index contributed by atoms with van der Waals surface area (Å²) >= 11 is 0. The Bertz CT molecular complexity index is 704. The second-order valence-corrected chi connectivity index (χ2v) is 6.03. The van der Waals surface area contributed by atoms with E-state index >= 15 is 0 Å². The average molecular weight is 292 g/mol. The molecule has 0 bridgehead atoms. The van der Waals surface area contributed by atoms with Gasteiger partial charge in [0.15, 0.2) is 0 Å². The third kappa shape index (κ3) is 2.93. The van der Waals surface area contributed by atoms with Crippen molar-refractivity contribution in [3.05, 3.63) is 65.7 Å². The van der Waals surface area contributed by atoms with Crippen LogP contribution in [0.4, 0.5) is 5.69 Å². The molecule has 3 heteroatoms. The van der Waals surface area contributed by atoms with E-state index < -0.39 is 0 Å². The number of hydrogen-bond acceptors (Lipinski definition) is 2. The molecular weight excluding hydrogens is 272 g/mol.